The summed E-state index contributed by atoms with van der Waals surface area (Å²) in [5.74, 6) is 3.92. The quantitative estimate of drug-likeness (QED) is 0.793. The van der Waals surface area contributed by atoms with Crippen LogP contribution in [0.1, 0.15) is 31.2 Å². The summed E-state index contributed by atoms with van der Waals surface area (Å²) in [4.78, 5) is 2.49. The third kappa shape index (κ3) is 3.04. The molecule has 2 aliphatic carbocycles. The molecule has 2 fully saturated rings. The van der Waals surface area contributed by atoms with Crippen LogP contribution in [0.15, 0.2) is 22.7 Å². The SMILES string of the molecule is COc1ccc(CN(C)CC2CC3CCC2C3)cc1Br. The smallest absolute Gasteiger partial charge is 0.133 e. The summed E-state index contributed by atoms with van der Waals surface area (Å²) in [6.07, 6.45) is 5.96. The number of benzene rings is 1. The van der Waals surface area contributed by atoms with Gasteiger partial charge in [-0.25, -0.2) is 0 Å². The van der Waals surface area contributed by atoms with Gasteiger partial charge in [0.05, 0.1) is 11.6 Å². The summed E-state index contributed by atoms with van der Waals surface area (Å²) in [6, 6.07) is 6.39. The van der Waals surface area contributed by atoms with Crippen LogP contribution >= 0.6 is 15.9 Å². The van der Waals surface area contributed by atoms with E-state index in [1.807, 2.05) is 6.07 Å². The highest BCUT2D eigenvalue weighted by Crippen LogP contribution is 2.48. The number of ether oxygens (including phenoxy) is 1. The molecule has 1 aromatic carbocycles. The Morgan fingerprint density at radius 3 is 2.75 bits per heavy atom. The molecule has 0 aliphatic heterocycles. The zero-order valence-electron chi connectivity index (χ0n) is 12.4. The molecule has 3 rings (SSSR count). The van der Waals surface area contributed by atoms with Crippen LogP contribution in [0.3, 0.4) is 0 Å². The van der Waals surface area contributed by atoms with Crippen LogP contribution in [-0.4, -0.2) is 25.6 Å². The molecule has 0 saturated heterocycles. The maximum atomic E-state index is 5.29. The third-order valence-electron chi connectivity index (χ3n) is 5.10. The van der Waals surface area contributed by atoms with Gasteiger partial charge in [-0.1, -0.05) is 12.5 Å². The molecular formula is C17H24BrNO. The lowest BCUT2D eigenvalue weighted by atomic mass is 9.88. The van der Waals surface area contributed by atoms with Gasteiger partial charge < -0.3 is 9.64 Å². The number of rotatable bonds is 5. The number of halogens is 1. The van der Waals surface area contributed by atoms with E-state index < -0.39 is 0 Å². The van der Waals surface area contributed by atoms with Crippen LogP contribution in [0.5, 0.6) is 5.75 Å². The van der Waals surface area contributed by atoms with E-state index in [4.69, 9.17) is 4.74 Å². The predicted molar refractivity (Wildman–Crippen MR) is 86.0 cm³/mol. The van der Waals surface area contributed by atoms with Gasteiger partial charge in [0.25, 0.3) is 0 Å². The lowest BCUT2D eigenvalue weighted by Gasteiger charge is -2.27. The Labute approximate surface area is 130 Å². The molecule has 1 aromatic rings. The number of fused-ring (bicyclic) bond motifs is 2. The van der Waals surface area contributed by atoms with E-state index in [0.29, 0.717) is 0 Å². The Balaban J connectivity index is 1.56. The Hall–Kier alpha value is -0.540. The molecule has 0 radical (unpaired) electrons. The first kappa shape index (κ1) is 14.4. The first-order valence-corrected chi connectivity index (χ1v) is 8.46. The Kier molecular flexibility index (Phi) is 4.37. The molecule has 0 N–H and O–H groups in total. The Morgan fingerprint density at radius 1 is 1.30 bits per heavy atom. The van der Waals surface area contributed by atoms with Crippen LogP contribution in [0.4, 0.5) is 0 Å². The second-order valence-electron chi connectivity index (χ2n) is 6.60. The maximum absolute atomic E-state index is 5.29. The molecular weight excluding hydrogens is 314 g/mol. The fourth-order valence-corrected chi connectivity index (χ4v) is 4.77. The van der Waals surface area contributed by atoms with Crippen LogP contribution in [0.25, 0.3) is 0 Å². The van der Waals surface area contributed by atoms with Gasteiger partial charge in [-0.15, -0.1) is 0 Å². The molecule has 2 nitrogen and oxygen atoms in total. The number of hydrogen-bond acceptors (Lipinski definition) is 2. The fourth-order valence-electron chi connectivity index (χ4n) is 4.18. The molecule has 2 saturated carbocycles. The molecule has 2 bridgehead atoms. The van der Waals surface area contributed by atoms with Crippen molar-refractivity contribution in [3.63, 3.8) is 0 Å². The molecule has 0 aromatic heterocycles. The highest BCUT2D eigenvalue weighted by molar-refractivity contribution is 9.10. The van der Waals surface area contributed by atoms with Gasteiger partial charge >= 0.3 is 0 Å². The number of nitrogens with zero attached hydrogens (tertiary/aromatic N) is 1. The lowest BCUT2D eigenvalue weighted by molar-refractivity contribution is 0.214. The largest absolute Gasteiger partial charge is 0.496 e. The van der Waals surface area contributed by atoms with Gasteiger partial charge in [-0.2, -0.15) is 0 Å². The van der Waals surface area contributed by atoms with E-state index in [1.165, 1.54) is 37.8 Å². The van der Waals surface area contributed by atoms with Gasteiger partial charge in [0, 0.05) is 13.1 Å². The summed E-state index contributed by atoms with van der Waals surface area (Å²) in [6.45, 7) is 2.28. The van der Waals surface area contributed by atoms with Gasteiger partial charge in [-0.05, 0) is 77.7 Å². The second kappa shape index (κ2) is 6.07. The minimum atomic E-state index is 0.907. The average molecular weight is 338 g/mol. The number of hydrogen-bond donors (Lipinski definition) is 0. The van der Waals surface area contributed by atoms with Crippen LogP contribution in [0.2, 0.25) is 0 Å². The summed E-state index contributed by atoms with van der Waals surface area (Å²) in [5.41, 5.74) is 1.35. The first-order chi connectivity index (χ1) is 9.65. The van der Waals surface area contributed by atoms with E-state index in [2.05, 4.69) is 40.0 Å². The zero-order valence-corrected chi connectivity index (χ0v) is 14.0. The van der Waals surface area contributed by atoms with Crippen molar-refractivity contribution < 1.29 is 4.74 Å². The van der Waals surface area contributed by atoms with Gasteiger partial charge in [0.1, 0.15) is 5.75 Å². The highest BCUT2D eigenvalue weighted by atomic mass is 79.9. The lowest BCUT2D eigenvalue weighted by Crippen LogP contribution is -2.28. The zero-order chi connectivity index (χ0) is 14.1. The monoisotopic (exact) mass is 337 g/mol. The van der Waals surface area contributed by atoms with Gasteiger partial charge in [0.2, 0.25) is 0 Å². The Morgan fingerprint density at radius 2 is 2.15 bits per heavy atom. The maximum Gasteiger partial charge on any atom is 0.133 e. The van der Waals surface area contributed by atoms with Crippen LogP contribution < -0.4 is 4.74 Å². The van der Waals surface area contributed by atoms with Crippen molar-refractivity contribution >= 4 is 15.9 Å². The molecule has 20 heavy (non-hydrogen) atoms. The van der Waals surface area contributed by atoms with Crippen LogP contribution in [-0.2, 0) is 6.54 Å². The molecule has 3 heteroatoms. The first-order valence-electron chi connectivity index (χ1n) is 7.66. The summed E-state index contributed by atoms with van der Waals surface area (Å²) >= 11 is 3.57. The van der Waals surface area contributed by atoms with E-state index in [9.17, 15) is 0 Å². The summed E-state index contributed by atoms with van der Waals surface area (Å²) in [7, 11) is 3.96. The fraction of sp³-hybridized carbons (Fsp3) is 0.647. The average Bonchev–Trinajstić information content (AvgIpc) is 3.01. The molecule has 0 spiro atoms. The van der Waals surface area contributed by atoms with E-state index in [1.54, 1.807) is 7.11 Å². The minimum Gasteiger partial charge on any atom is -0.496 e. The topological polar surface area (TPSA) is 12.5 Å². The molecule has 2 aliphatic rings. The molecule has 0 heterocycles. The van der Waals surface area contributed by atoms with Crippen molar-refractivity contribution in [3.05, 3.63) is 28.2 Å². The van der Waals surface area contributed by atoms with Crippen molar-refractivity contribution in [2.75, 3.05) is 20.7 Å². The number of methoxy groups -OCH3 is 1. The summed E-state index contributed by atoms with van der Waals surface area (Å²) < 4.78 is 6.33. The van der Waals surface area contributed by atoms with Crippen LogP contribution in [0, 0.1) is 17.8 Å². The van der Waals surface area contributed by atoms with Crippen molar-refractivity contribution in [2.24, 2.45) is 17.8 Å². The van der Waals surface area contributed by atoms with E-state index in [-0.39, 0.29) is 0 Å². The second-order valence-corrected chi connectivity index (χ2v) is 7.45. The van der Waals surface area contributed by atoms with Gasteiger partial charge in [0.15, 0.2) is 0 Å². The molecule has 3 atom stereocenters. The molecule has 110 valence electrons. The van der Waals surface area contributed by atoms with E-state index >= 15 is 0 Å². The van der Waals surface area contributed by atoms with Gasteiger partial charge in [-0.3, -0.25) is 0 Å². The Bertz CT molecular complexity index is 476. The van der Waals surface area contributed by atoms with Crippen molar-refractivity contribution in [1.29, 1.82) is 0 Å². The van der Waals surface area contributed by atoms with Crippen molar-refractivity contribution in [2.45, 2.75) is 32.2 Å². The van der Waals surface area contributed by atoms with Crippen molar-refractivity contribution in [1.82, 2.24) is 4.90 Å². The van der Waals surface area contributed by atoms with E-state index in [0.717, 1.165) is 34.5 Å². The molecule has 3 unspecified atom stereocenters. The van der Waals surface area contributed by atoms with Crippen molar-refractivity contribution in [3.8, 4) is 5.75 Å². The summed E-state index contributed by atoms with van der Waals surface area (Å²) in [5, 5.41) is 0. The minimum absolute atomic E-state index is 0.907. The normalized spacial score (nSPS) is 28.3. The highest BCUT2D eigenvalue weighted by Gasteiger charge is 2.39. The third-order valence-corrected chi connectivity index (χ3v) is 5.72. The molecule has 0 amide bonds. The predicted octanol–water partition coefficient (Wildman–Crippen LogP) is 4.33. The standard InChI is InChI=1S/C17H24BrNO/c1-19(11-15-8-12-3-5-14(15)7-12)10-13-4-6-17(20-2)16(18)9-13/h4,6,9,12,14-15H,3,5,7-8,10-11H2,1-2H3.